The Morgan fingerprint density at radius 2 is 1.84 bits per heavy atom. The van der Waals surface area contributed by atoms with Gasteiger partial charge in [0, 0.05) is 27.9 Å². The number of rotatable bonds is 6. The van der Waals surface area contributed by atoms with Gasteiger partial charge in [-0.1, -0.05) is 24.3 Å². The Morgan fingerprint density at radius 3 is 2.56 bits per heavy atom. The van der Waals surface area contributed by atoms with E-state index in [2.05, 4.69) is 5.32 Å². The Bertz CT molecular complexity index is 862. The van der Waals surface area contributed by atoms with Crippen molar-refractivity contribution in [3.05, 3.63) is 76.7 Å². The van der Waals surface area contributed by atoms with Crippen LogP contribution in [0.15, 0.2) is 54.6 Å². The van der Waals surface area contributed by atoms with Gasteiger partial charge >= 0.3 is 0 Å². The van der Waals surface area contributed by atoms with Gasteiger partial charge in [-0.3, -0.25) is 0 Å². The molecule has 1 unspecified atom stereocenters. The summed E-state index contributed by atoms with van der Waals surface area (Å²) in [5.74, 6) is -0.346. The number of benzene rings is 2. The van der Waals surface area contributed by atoms with Gasteiger partial charge in [0.05, 0.1) is 7.11 Å². The van der Waals surface area contributed by atoms with E-state index in [1.54, 1.807) is 29.5 Å². The maximum absolute atomic E-state index is 13.9. The van der Waals surface area contributed by atoms with Crippen LogP contribution in [-0.2, 0) is 6.54 Å². The number of thiophene rings is 1. The van der Waals surface area contributed by atoms with Crippen molar-refractivity contribution in [1.82, 2.24) is 5.32 Å². The fourth-order valence-corrected chi connectivity index (χ4v) is 3.59. The molecule has 3 rings (SSSR count). The monoisotopic (exact) mass is 359 g/mol. The molecule has 2 nitrogen and oxygen atoms in total. The minimum atomic E-state index is -0.369. The fraction of sp³-hybridized carbons (Fsp3) is 0.200. The molecule has 2 aromatic carbocycles. The van der Waals surface area contributed by atoms with Gasteiger partial charge in [0.1, 0.15) is 5.82 Å². The van der Waals surface area contributed by atoms with Gasteiger partial charge < -0.3 is 10.1 Å². The Morgan fingerprint density at radius 1 is 1.04 bits per heavy atom. The summed E-state index contributed by atoms with van der Waals surface area (Å²) >= 11 is 1.55. The summed E-state index contributed by atoms with van der Waals surface area (Å²) in [6, 6.07) is 15.6. The van der Waals surface area contributed by atoms with E-state index in [9.17, 15) is 8.78 Å². The van der Waals surface area contributed by atoms with Crippen LogP contribution in [0.5, 0.6) is 5.75 Å². The average Bonchev–Trinajstić information content (AvgIpc) is 3.08. The van der Waals surface area contributed by atoms with Crippen molar-refractivity contribution in [1.29, 1.82) is 0 Å². The first-order valence-electron chi connectivity index (χ1n) is 7.99. The second kappa shape index (κ2) is 7.76. The van der Waals surface area contributed by atoms with Crippen LogP contribution in [0, 0.1) is 11.6 Å². The second-order valence-corrected chi connectivity index (χ2v) is 6.91. The number of hydrogen-bond acceptors (Lipinski definition) is 3. The van der Waals surface area contributed by atoms with Crippen molar-refractivity contribution in [3.63, 3.8) is 0 Å². The summed E-state index contributed by atoms with van der Waals surface area (Å²) in [5, 5.41) is 3.37. The molecule has 0 bridgehead atoms. The number of methoxy groups -OCH3 is 1. The van der Waals surface area contributed by atoms with Crippen LogP contribution in [0.3, 0.4) is 0 Å². The molecule has 25 heavy (non-hydrogen) atoms. The SMILES string of the molecule is COc1ccc(C(C)NCc2ccc(-c3ccccc3F)s2)cc1F. The maximum atomic E-state index is 13.9. The number of ether oxygens (including phenoxy) is 1. The summed E-state index contributed by atoms with van der Waals surface area (Å²) in [6.45, 7) is 2.61. The zero-order valence-electron chi connectivity index (χ0n) is 14.1. The van der Waals surface area contributed by atoms with Crippen molar-refractivity contribution >= 4 is 11.3 Å². The summed E-state index contributed by atoms with van der Waals surface area (Å²) in [5.41, 5.74) is 1.47. The van der Waals surface area contributed by atoms with Gasteiger partial charge in [0.25, 0.3) is 0 Å². The summed E-state index contributed by atoms with van der Waals surface area (Å²) < 4.78 is 32.6. The smallest absolute Gasteiger partial charge is 0.165 e. The van der Waals surface area contributed by atoms with Crippen molar-refractivity contribution in [2.45, 2.75) is 19.5 Å². The molecule has 1 aromatic heterocycles. The lowest BCUT2D eigenvalue weighted by molar-refractivity contribution is 0.385. The van der Waals surface area contributed by atoms with E-state index in [4.69, 9.17) is 4.74 Å². The highest BCUT2D eigenvalue weighted by Crippen LogP contribution is 2.30. The van der Waals surface area contributed by atoms with Gasteiger partial charge in [0.15, 0.2) is 11.6 Å². The number of nitrogens with one attached hydrogen (secondary N) is 1. The van der Waals surface area contributed by atoms with E-state index in [0.717, 1.165) is 15.3 Å². The van der Waals surface area contributed by atoms with E-state index in [-0.39, 0.29) is 23.4 Å². The molecule has 1 N–H and O–H groups in total. The van der Waals surface area contributed by atoms with Crippen LogP contribution in [0.4, 0.5) is 8.78 Å². The van der Waals surface area contributed by atoms with Gasteiger partial charge in [-0.25, -0.2) is 8.78 Å². The van der Waals surface area contributed by atoms with Crippen molar-refractivity contribution in [3.8, 4) is 16.2 Å². The van der Waals surface area contributed by atoms with E-state index < -0.39 is 0 Å². The highest BCUT2D eigenvalue weighted by molar-refractivity contribution is 7.15. The molecule has 0 aliphatic carbocycles. The maximum Gasteiger partial charge on any atom is 0.165 e. The minimum Gasteiger partial charge on any atom is -0.494 e. The van der Waals surface area contributed by atoms with E-state index >= 15 is 0 Å². The number of hydrogen-bond donors (Lipinski definition) is 1. The zero-order valence-corrected chi connectivity index (χ0v) is 14.9. The molecular formula is C20H19F2NOS. The summed E-state index contributed by atoms with van der Waals surface area (Å²) in [7, 11) is 1.45. The predicted octanol–water partition coefficient (Wildman–Crippen LogP) is 5.55. The van der Waals surface area contributed by atoms with Crippen LogP contribution in [0.25, 0.3) is 10.4 Å². The van der Waals surface area contributed by atoms with Crippen LogP contribution < -0.4 is 10.1 Å². The molecule has 0 aliphatic rings. The topological polar surface area (TPSA) is 21.3 Å². The first-order valence-corrected chi connectivity index (χ1v) is 8.80. The summed E-state index contributed by atoms with van der Waals surface area (Å²) in [4.78, 5) is 2.00. The molecule has 0 amide bonds. The third kappa shape index (κ3) is 4.06. The van der Waals surface area contributed by atoms with Gasteiger partial charge in [0.2, 0.25) is 0 Å². The molecule has 0 saturated carbocycles. The van der Waals surface area contributed by atoms with Gasteiger partial charge in [-0.05, 0) is 42.8 Å². The molecule has 0 aliphatic heterocycles. The van der Waals surface area contributed by atoms with Crippen molar-refractivity contribution in [2.75, 3.05) is 7.11 Å². The fourth-order valence-electron chi connectivity index (χ4n) is 2.60. The molecule has 0 radical (unpaired) electrons. The highest BCUT2D eigenvalue weighted by Gasteiger charge is 2.11. The molecule has 0 spiro atoms. The van der Waals surface area contributed by atoms with Crippen LogP contribution in [-0.4, -0.2) is 7.11 Å². The van der Waals surface area contributed by atoms with Crippen LogP contribution in [0.1, 0.15) is 23.4 Å². The Hall–Kier alpha value is -2.24. The normalized spacial score (nSPS) is 12.2. The predicted molar refractivity (Wildman–Crippen MR) is 97.9 cm³/mol. The highest BCUT2D eigenvalue weighted by atomic mass is 32.1. The van der Waals surface area contributed by atoms with Gasteiger partial charge in [-0.2, -0.15) is 0 Å². The molecule has 130 valence electrons. The van der Waals surface area contributed by atoms with Crippen LogP contribution >= 0.6 is 11.3 Å². The van der Waals surface area contributed by atoms with E-state index in [0.29, 0.717) is 12.1 Å². The lowest BCUT2D eigenvalue weighted by Crippen LogP contribution is -2.17. The largest absolute Gasteiger partial charge is 0.494 e. The minimum absolute atomic E-state index is 0.0144. The average molecular weight is 359 g/mol. The van der Waals surface area contributed by atoms with Crippen LogP contribution in [0.2, 0.25) is 0 Å². The number of halogens is 2. The lowest BCUT2D eigenvalue weighted by atomic mass is 10.1. The van der Waals surface area contributed by atoms with E-state index in [1.807, 2.05) is 31.2 Å². The molecule has 1 atom stereocenters. The molecule has 1 heterocycles. The third-order valence-corrected chi connectivity index (χ3v) is 5.18. The third-order valence-electron chi connectivity index (χ3n) is 4.06. The quantitative estimate of drug-likeness (QED) is 0.623. The second-order valence-electron chi connectivity index (χ2n) is 5.74. The van der Waals surface area contributed by atoms with Gasteiger partial charge in [-0.15, -0.1) is 11.3 Å². The lowest BCUT2D eigenvalue weighted by Gasteiger charge is -2.14. The molecule has 5 heteroatoms. The standard InChI is InChI=1S/C20H19F2NOS/c1-13(14-7-9-19(24-2)18(22)11-14)23-12-15-8-10-20(25-15)16-5-3-4-6-17(16)21/h3-11,13,23H,12H2,1-2H3. The molecule has 3 aromatic rings. The Labute approximate surface area is 150 Å². The van der Waals surface area contributed by atoms with Crippen molar-refractivity contribution < 1.29 is 13.5 Å². The Kier molecular flexibility index (Phi) is 5.46. The summed E-state index contributed by atoms with van der Waals surface area (Å²) in [6.07, 6.45) is 0. The molecular weight excluding hydrogens is 340 g/mol. The molecule has 0 fully saturated rings. The molecule has 0 saturated heterocycles. The Balaban J connectivity index is 1.66. The first kappa shape index (κ1) is 17.6. The van der Waals surface area contributed by atoms with E-state index in [1.165, 1.54) is 19.2 Å². The zero-order chi connectivity index (χ0) is 17.8. The first-order chi connectivity index (χ1) is 12.1. The van der Waals surface area contributed by atoms with Crippen molar-refractivity contribution in [2.24, 2.45) is 0 Å².